The summed E-state index contributed by atoms with van der Waals surface area (Å²) in [5.74, 6) is 0. The molecule has 56 valence electrons. The molecule has 0 spiro atoms. The van der Waals surface area contributed by atoms with Crippen LogP contribution in [-0.4, -0.2) is 31.1 Å². The maximum Gasteiger partial charge on any atom is 0.159 e. The highest BCUT2D eigenvalue weighted by Gasteiger charge is 2.16. The molecule has 0 radical (unpaired) electrons. The van der Waals surface area contributed by atoms with Crippen LogP contribution < -0.4 is 0 Å². The summed E-state index contributed by atoms with van der Waals surface area (Å²) in [6.45, 7) is 2.31. The molecule has 0 unspecified atom stereocenters. The van der Waals surface area contributed by atoms with Gasteiger partial charge >= 0.3 is 0 Å². The average Bonchev–Trinajstić information content (AvgIpc) is 2.37. The number of hydrogen-bond donors (Lipinski definition) is 1. The average molecular weight is 140 g/mol. The van der Waals surface area contributed by atoms with Crippen molar-refractivity contribution in [2.24, 2.45) is 0 Å². The third-order valence-corrected chi connectivity index (χ3v) is 1.71. The van der Waals surface area contributed by atoms with E-state index in [1.54, 1.807) is 0 Å². The van der Waals surface area contributed by atoms with Crippen molar-refractivity contribution in [3.63, 3.8) is 0 Å². The smallest absolute Gasteiger partial charge is 0.159 e. The molecule has 0 aromatic rings. The molecule has 0 amide bonds. The fourth-order valence-electron chi connectivity index (χ4n) is 1.09. The third kappa shape index (κ3) is 1.85. The van der Waals surface area contributed by atoms with Gasteiger partial charge in [-0.15, -0.1) is 0 Å². The van der Waals surface area contributed by atoms with E-state index in [1.165, 1.54) is 0 Å². The lowest BCUT2D eigenvalue weighted by molar-refractivity contribution is 0.0818. The summed E-state index contributed by atoms with van der Waals surface area (Å²) in [6, 6.07) is 0.288. The van der Waals surface area contributed by atoms with Crippen molar-refractivity contribution in [1.82, 2.24) is 0 Å². The van der Waals surface area contributed by atoms with Gasteiger partial charge < -0.3 is 9.84 Å². The molecule has 0 saturated carbocycles. The zero-order chi connectivity index (χ0) is 7.40. The van der Waals surface area contributed by atoms with Crippen molar-refractivity contribution >= 4 is 7.28 Å². The minimum atomic E-state index is 0.162. The lowest BCUT2D eigenvalue weighted by atomic mass is 9.75. The first kappa shape index (κ1) is 7.83. The Morgan fingerprint density at radius 2 is 2.40 bits per heavy atom. The Bertz CT molecular complexity index is 125. The summed E-state index contributed by atoms with van der Waals surface area (Å²) in [6.07, 6.45) is 4.99. The van der Waals surface area contributed by atoms with Gasteiger partial charge in [0.25, 0.3) is 0 Å². The van der Waals surface area contributed by atoms with Crippen LogP contribution in [0.4, 0.5) is 0 Å². The molecule has 2 atom stereocenters. The number of ether oxygens (including phenoxy) is 1. The molecule has 2 nitrogen and oxygen atoms in total. The Morgan fingerprint density at radius 3 is 2.90 bits per heavy atom. The van der Waals surface area contributed by atoms with Gasteiger partial charge in [0.05, 0.1) is 6.10 Å². The second-order valence-corrected chi connectivity index (χ2v) is 2.52. The Hall–Kier alpha value is -0.275. The normalized spacial score (nSPS) is 31.0. The molecule has 0 aromatic heterocycles. The van der Waals surface area contributed by atoms with Crippen LogP contribution in [0.3, 0.4) is 0 Å². The highest BCUT2D eigenvalue weighted by atomic mass is 16.5. The van der Waals surface area contributed by atoms with Gasteiger partial charge in [0.15, 0.2) is 7.28 Å². The van der Waals surface area contributed by atoms with Crippen molar-refractivity contribution in [1.29, 1.82) is 0 Å². The van der Waals surface area contributed by atoms with E-state index in [0.717, 1.165) is 13.7 Å². The molecular formula is C7H13BO2. The summed E-state index contributed by atoms with van der Waals surface area (Å²) in [4.78, 5) is 0. The van der Waals surface area contributed by atoms with Crippen molar-refractivity contribution in [3.05, 3.63) is 12.2 Å². The van der Waals surface area contributed by atoms with Crippen molar-refractivity contribution in [3.8, 4) is 0 Å². The molecule has 1 N–H and O–H groups in total. The van der Waals surface area contributed by atoms with Crippen LogP contribution in [0.25, 0.3) is 0 Å². The van der Waals surface area contributed by atoms with Crippen molar-refractivity contribution < 1.29 is 9.84 Å². The van der Waals surface area contributed by atoms with Crippen LogP contribution in [-0.2, 0) is 4.74 Å². The van der Waals surface area contributed by atoms with Gasteiger partial charge in [0.1, 0.15) is 0 Å². The van der Waals surface area contributed by atoms with Crippen LogP contribution in [0, 0.1) is 0 Å². The molecule has 0 aromatic carbocycles. The second-order valence-electron chi connectivity index (χ2n) is 2.52. The predicted molar refractivity (Wildman–Crippen MR) is 42.5 cm³/mol. The maximum absolute atomic E-state index is 8.57. The van der Waals surface area contributed by atoms with E-state index in [-0.39, 0.29) is 18.7 Å². The standard InChI is InChI=1S/C7H13BO2/c1-8-7-3-2-6(10-7)4-5-9/h2-3,6-9H,4-5H2,1H3/t6-,7+/m0/s1. The summed E-state index contributed by atoms with van der Waals surface area (Å²) in [5, 5.41) is 8.57. The van der Waals surface area contributed by atoms with E-state index in [2.05, 4.69) is 12.9 Å². The van der Waals surface area contributed by atoms with Gasteiger partial charge in [-0.3, -0.25) is 0 Å². The molecule has 0 saturated heterocycles. The van der Waals surface area contributed by atoms with Crippen LogP contribution in [0.5, 0.6) is 0 Å². The molecule has 0 bridgehead atoms. The quantitative estimate of drug-likeness (QED) is 0.446. The second kappa shape index (κ2) is 3.79. The molecule has 0 fully saturated rings. The molecule has 1 rings (SSSR count). The van der Waals surface area contributed by atoms with Gasteiger partial charge in [-0.05, 0) is 0 Å². The fraction of sp³-hybridized carbons (Fsp3) is 0.714. The highest BCUT2D eigenvalue weighted by Crippen LogP contribution is 2.12. The lowest BCUT2D eigenvalue weighted by Gasteiger charge is -2.10. The number of rotatable bonds is 3. The van der Waals surface area contributed by atoms with Crippen molar-refractivity contribution in [2.45, 2.75) is 25.4 Å². The van der Waals surface area contributed by atoms with E-state index >= 15 is 0 Å². The van der Waals surface area contributed by atoms with Gasteiger partial charge in [-0.2, -0.15) is 0 Å². The van der Waals surface area contributed by atoms with Crippen LogP contribution in [0.15, 0.2) is 12.2 Å². The lowest BCUT2D eigenvalue weighted by Crippen LogP contribution is -2.17. The number of aliphatic hydroxyl groups is 1. The van der Waals surface area contributed by atoms with Crippen molar-refractivity contribution in [2.75, 3.05) is 6.61 Å². The molecule has 1 aliphatic heterocycles. The zero-order valence-electron chi connectivity index (χ0n) is 6.29. The van der Waals surface area contributed by atoms with Crippen LogP contribution >= 0.6 is 0 Å². The summed E-state index contributed by atoms with van der Waals surface area (Å²) in [5.41, 5.74) is 0. The molecular weight excluding hydrogens is 127 g/mol. The first-order chi connectivity index (χ1) is 4.86. The summed E-state index contributed by atoms with van der Waals surface area (Å²) in [7, 11) is 1.03. The maximum atomic E-state index is 8.57. The van der Waals surface area contributed by atoms with Crippen LogP contribution in [0.1, 0.15) is 6.42 Å². The van der Waals surface area contributed by atoms with E-state index in [1.807, 2.05) is 6.08 Å². The highest BCUT2D eigenvalue weighted by molar-refractivity contribution is 6.36. The zero-order valence-corrected chi connectivity index (χ0v) is 6.29. The largest absolute Gasteiger partial charge is 0.396 e. The van der Waals surface area contributed by atoms with Gasteiger partial charge in [0.2, 0.25) is 0 Å². The van der Waals surface area contributed by atoms with Gasteiger partial charge in [-0.25, -0.2) is 0 Å². The number of hydrogen-bond acceptors (Lipinski definition) is 2. The minimum absolute atomic E-state index is 0.162. The Morgan fingerprint density at radius 1 is 1.60 bits per heavy atom. The number of aliphatic hydroxyl groups excluding tert-OH is 1. The molecule has 0 aliphatic carbocycles. The predicted octanol–water partition coefficient (Wildman–Crippen LogP) is 0.134. The summed E-state index contributed by atoms with van der Waals surface area (Å²) < 4.78 is 5.48. The third-order valence-electron chi connectivity index (χ3n) is 1.71. The van der Waals surface area contributed by atoms with E-state index in [0.29, 0.717) is 0 Å². The van der Waals surface area contributed by atoms with Gasteiger partial charge in [0, 0.05) is 19.0 Å². The summed E-state index contributed by atoms with van der Waals surface area (Å²) >= 11 is 0. The fourth-order valence-corrected chi connectivity index (χ4v) is 1.09. The molecule has 1 aliphatic rings. The Balaban J connectivity index is 2.24. The first-order valence-corrected chi connectivity index (χ1v) is 3.81. The van der Waals surface area contributed by atoms with Gasteiger partial charge in [-0.1, -0.05) is 19.0 Å². The van der Waals surface area contributed by atoms with E-state index in [4.69, 9.17) is 9.84 Å². The SMILES string of the molecule is CB[C@H]1C=C[C@@H](CCO)O1. The Labute approximate surface area is 62.1 Å². The monoisotopic (exact) mass is 140 g/mol. The first-order valence-electron chi connectivity index (χ1n) is 3.81. The minimum Gasteiger partial charge on any atom is -0.396 e. The molecule has 10 heavy (non-hydrogen) atoms. The Kier molecular flexibility index (Phi) is 2.96. The molecule has 1 heterocycles. The molecule has 3 heteroatoms. The van der Waals surface area contributed by atoms with E-state index in [9.17, 15) is 0 Å². The van der Waals surface area contributed by atoms with Crippen LogP contribution in [0.2, 0.25) is 6.82 Å². The topological polar surface area (TPSA) is 29.5 Å². The van der Waals surface area contributed by atoms with E-state index < -0.39 is 0 Å².